The molecule has 7 heteroatoms. The van der Waals surface area contributed by atoms with Crippen molar-refractivity contribution < 1.29 is 24.2 Å². The number of para-hydroxylation sites is 1. The average molecular weight is 462 g/mol. The molecule has 3 unspecified atom stereocenters. The number of aryl methyl sites for hydroxylation is 2. The Hall–Kier alpha value is -2.57. The molecule has 3 rings (SSSR count). The Balaban J connectivity index is 0.00000363. The summed E-state index contributed by atoms with van der Waals surface area (Å²) in [7, 11) is 3.80. The first-order chi connectivity index (χ1) is 14.9. The monoisotopic (exact) mass is 461 g/mol. The summed E-state index contributed by atoms with van der Waals surface area (Å²) in [6.07, 6.45) is 2.38. The molecule has 0 radical (unpaired) electrons. The van der Waals surface area contributed by atoms with Crippen LogP contribution >= 0.6 is 12.4 Å². The van der Waals surface area contributed by atoms with E-state index in [1.807, 2.05) is 55.4 Å². The number of halogens is 1. The Bertz CT molecular complexity index is 874. The molecule has 0 bridgehead atoms. The minimum atomic E-state index is -0.930. The van der Waals surface area contributed by atoms with Gasteiger partial charge in [0.05, 0.1) is 11.8 Å². The predicted octanol–water partition coefficient (Wildman–Crippen LogP) is 3.86. The predicted molar refractivity (Wildman–Crippen MR) is 125 cm³/mol. The number of likely N-dealkylation sites (N-methyl/N-ethyl adjacent to an activating group) is 1. The summed E-state index contributed by atoms with van der Waals surface area (Å²) in [5, 5.41) is 9.21. The molecule has 2 aromatic rings. The van der Waals surface area contributed by atoms with Crippen LogP contribution in [0.15, 0.2) is 54.6 Å². The van der Waals surface area contributed by atoms with Gasteiger partial charge in [0.25, 0.3) is 0 Å². The third-order valence-corrected chi connectivity index (χ3v) is 5.67. The fourth-order valence-corrected chi connectivity index (χ4v) is 3.82. The van der Waals surface area contributed by atoms with Gasteiger partial charge in [-0.1, -0.05) is 48.5 Å². The molecule has 3 atom stereocenters. The van der Waals surface area contributed by atoms with Crippen LogP contribution in [0.5, 0.6) is 5.75 Å². The maximum Gasteiger partial charge on any atom is 0.310 e. The Kier molecular flexibility index (Phi) is 10.0. The van der Waals surface area contributed by atoms with E-state index >= 15 is 0 Å². The van der Waals surface area contributed by atoms with Gasteiger partial charge in [-0.05, 0) is 57.0 Å². The summed E-state index contributed by atoms with van der Waals surface area (Å²) in [4.78, 5) is 25.7. The van der Waals surface area contributed by atoms with Crippen LogP contribution in [0.1, 0.15) is 24.0 Å². The van der Waals surface area contributed by atoms with E-state index in [0.717, 1.165) is 24.2 Å². The van der Waals surface area contributed by atoms with E-state index in [-0.39, 0.29) is 19.0 Å². The van der Waals surface area contributed by atoms with Gasteiger partial charge in [0.2, 0.25) is 0 Å². The van der Waals surface area contributed by atoms with Crippen molar-refractivity contribution in [2.45, 2.75) is 31.8 Å². The average Bonchev–Trinajstić information content (AvgIpc) is 2.70. The fraction of sp³-hybridized carbons (Fsp3) is 0.440. The molecular formula is C25H32ClNO5. The van der Waals surface area contributed by atoms with E-state index < -0.39 is 29.9 Å². The zero-order chi connectivity index (χ0) is 22.2. The lowest BCUT2D eigenvalue weighted by Gasteiger charge is -2.33. The van der Waals surface area contributed by atoms with Crippen molar-refractivity contribution in [1.82, 2.24) is 4.90 Å². The molecule has 0 saturated heterocycles. The first-order valence-electron chi connectivity index (χ1n) is 10.8. The highest BCUT2D eigenvalue weighted by atomic mass is 35.5. The van der Waals surface area contributed by atoms with Crippen LogP contribution in [0.25, 0.3) is 0 Å². The largest absolute Gasteiger partial charge is 0.489 e. The minimum Gasteiger partial charge on any atom is -0.489 e. The highest BCUT2D eigenvalue weighted by Gasteiger charge is 2.43. The van der Waals surface area contributed by atoms with Gasteiger partial charge < -0.3 is 19.5 Å². The van der Waals surface area contributed by atoms with Gasteiger partial charge in [-0.2, -0.15) is 0 Å². The van der Waals surface area contributed by atoms with Crippen LogP contribution < -0.4 is 4.74 Å². The maximum absolute atomic E-state index is 12.5. The zero-order valence-corrected chi connectivity index (χ0v) is 19.4. The van der Waals surface area contributed by atoms with E-state index in [9.17, 15) is 14.7 Å². The topological polar surface area (TPSA) is 76.1 Å². The molecule has 1 aliphatic carbocycles. The van der Waals surface area contributed by atoms with E-state index in [1.54, 1.807) is 0 Å². The number of hydrogen-bond donors (Lipinski definition) is 1. The van der Waals surface area contributed by atoms with Gasteiger partial charge >= 0.3 is 11.9 Å². The van der Waals surface area contributed by atoms with Crippen molar-refractivity contribution >= 4 is 24.3 Å². The number of nitrogens with zero attached hydrogens (tertiary/aromatic N) is 1. The van der Waals surface area contributed by atoms with Gasteiger partial charge in [0.15, 0.2) is 0 Å². The number of hydrogen-bond acceptors (Lipinski definition) is 5. The van der Waals surface area contributed by atoms with Crippen LogP contribution in [0.4, 0.5) is 0 Å². The van der Waals surface area contributed by atoms with Gasteiger partial charge in [0.1, 0.15) is 18.5 Å². The lowest BCUT2D eigenvalue weighted by molar-refractivity contribution is -0.169. The number of aliphatic carboxylic acids is 1. The van der Waals surface area contributed by atoms with Crippen molar-refractivity contribution in [1.29, 1.82) is 0 Å². The van der Waals surface area contributed by atoms with E-state index in [4.69, 9.17) is 9.47 Å². The molecule has 1 aliphatic rings. The molecule has 174 valence electrons. The van der Waals surface area contributed by atoms with Gasteiger partial charge in [0, 0.05) is 6.54 Å². The van der Waals surface area contributed by atoms with Crippen LogP contribution in [-0.4, -0.2) is 55.3 Å². The second-order valence-corrected chi connectivity index (χ2v) is 8.35. The number of rotatable bonds is 11. The SMILES string of the molecule is CN(C)CC(COc1ccccc1CCc1ccccc1)OC(=O)C1CCC1C(=O)O.Cl. The summed E-state index contributed by atoms with van der Waals surface area (Å²) in [6.45, 7) is 0.721. The van der Waals surface area contributed by atoms with Gasteiger partial charge in [-0.3, -0.25) is 9.59 Å². The molecule has 0 aliphatic heterocycles. The molecule has 0 aromatic heterocycles. The number of carbonyl (C=O) groups is 2. The molecule has 0 spiro atoms. The first kappa shape index (κ1) is 25.7. The highest BCUT2D eigenvalue weighted by Crippen LogP contribution is 2.35. The smallest absolute Gasteiger partial charge is 0.310 e. The third kappa shape index (κ3) is 7.24. The molecule has 0 amide bonds. The van der Waals surface area contributed by atoms with Crippen molar-refractivity contribution in [3.8, 4) is 5.75 Å². The number of carboxylic acid groups (broad SMARTS) is 1. The summed E-state index contributed by atoms with van der Waals surface area (Å²) >= 11 is 0. The van der Waals surface area contributed by atoms with Crippen LogP contribution in [-0.2, 0) is 27.2 Å². The molecule has 6 nitrogen and oxygen atoms in total. The van der Waals surface area contributed by atoms with Crippen molar-refractivity contribution in [3.05, 3.63) is 65.7 Å². The second kappa shape index (κ2) is 12.5. The molecule has 32 heavy (non-hydrogen) atoms. The van der Waals surface area contributed by atoms with E-state index in [1.165, 1.54) is 5.56 Å². The first-order valence-corrected chi connectivity index (χ1v) is 10.8. The Morgan fingerprint density at radius 3 is 2.28 bits per heavy atom. The lowest BCUT2D eigenvalue weighted by atomic mass is 9.74. The normalized spacial score (nSPS) is 18.2. The standard InChI is InChI=1S/C25H31NO5.ClH/c1-26(2)16-20(31-25(29)22-15-14-21(22)24(27)28)17-30-23-11-7-6-10-19(23)13-12-18-8-4-3-5-9-18;/h3-11,20-22H,12-17H2,1-2H3,(H,27,28);1H. The molecule has 0 heterocycles. The quantitative estimate of drug-likeness (QED) is 0.512. The number of ether oxygens (including phenoxy) is 2. The minimum absolute atomic E-state index is 0. The zero-order valence-electron chi connectivity index (χ0n) is 18.6. The van der Waals surface area contributed by atoms with Crippen LogP contribution in [0.2, 0.25) is 0 Å². The van der Waals surface area contributed by atoms with Crippen molar-refractivity contribution in [2.24, 2.45) is 11.8 Å². The summed E-state index contributed by atoms with van der Waals surface area (Å²) < 4.78 is 11.7. The van der Waals surface area contributed by atoms with Crippen molar-refractivity contribution in [3.63, 3.8) is 0 Å². The van der Waals surface area contributed by atoms with Crippen molar-refractivity contribution in [2.75, 3.05) is 27.2 Å². The summed E-state index contributed by atoms with van der Waals surface area (Å²) in [5.41, 5.74) is 2.37. The van der Waals surface area contributed by atoms with Crippen LogP contribution in [0.3, 0.4) is 0 Å². The number of benzene rings is 2. The van der Waals surface area contributed by atoms with Gasteiger partial charge in [-0.15, -0.1) is 12.4 Å². The van der Waals surface area contributed by atoms with E-state index in [2.05, 4.69) is 18.2 Å². The molecule has 1 saturated carbocycles. The Morgan fingerprint density at radius 2 is 1.66 bits per heavy atom. The highest BCUT2D eigenvalue weighted by molar-refractivity contribution is 5.85. The Morgan fingerprint density at radius 1 is 1.00 bits per heavy atom. The summed E-state index contributed by atoms with van der Waals surface area (Å²) in [6, 6.07) is 18.2. The fourth-order valence-electron chi connectivity index (χ4n) is 3.82. The molecule has 1 fully saturated rings. The van der Waals surface area contributed by atoms with Gasteiger partial charge in [-0.25, -0.2) is 0 Å². The Labute approximate surface area is 195 Å². The third-order valence-electron chi connectivity index (χ3n) is 5.67. The van der Waals surface area contributed by atoms with Crippen LogP contribution in [0, 0.1) is 11.8 Å². The molecule has 1 N–H and O–H groups in total. The molecule has 2 aromatic carbocycles. The number of carboxylic acids is 1. The number of carbonyl (C=O) groups excluding carboxylic acids is 1. The second-order valence-electron chi connectivity index (χ2n) is 8.35. The lowest BCUT2D eigenvalue weighted by Crippen LogP contribution is -2.43. The number of esters is 1. The maximum atomic E-state index is 12.5. The summed E-state index contributed by atoms with van der Waals surface area (Å²) in [5.74, 6) is -1.77. The molecular weight excluding hydrogens is 430 g/mol. The van der Waals surface area contributed by atoms with E-state index in [0.29, 0.717) is 19.4 Å².